The molecule has 0 bridgehead atoms. The molecule has 0 spiro atoms. The maximum Gasteiger partial charge on any atom is 0.193 e. The summed E-state index contributed by atoms with van der Waals surface area (Å²) in [6.07, 6.45) is 2.79. The first kappa shape index (κ1) is 16.6. The molecule has 5 nitrogen and oxygen atoms in total. The lowest BCUT2D eigenvalue weighted by molar-refractivity contribution is 0.242. The molecule has 2 rings (SSSR count). The van der Waals surface area contributed by atoms with E-state index in [0.717, 1.165) is 23.9 Å². The molecule has 3 N–H and O–H groups in total. The van der Waals surface area contributed by atoms with Crippen molar-refractivity contribution in [2.45, 2.75) is 38.8 Å². The van der Waals surface area contributed by atoms with E-state index in [-0.39, 0.29) is 6.10 Å². The second-order valence-corrected chi connectivity index (χ2v) is 6.41. The fraction of sp³-hybridized carbons (Fsp3) is 0.588. The van der Waals surface area contributed by atoms with Gasteiger partial charge in [-0.1, -0.05) is 0 Å². The number of nitrogens with zero attached hydrogens (tertiary/aromatic N) is 2. The Morgan fingerprint density at radius 2 is 1.95 bits per heavy atom. The Bertz CT molecular complexity index is 490. The number of guanidine groups is 1. The summed E-state index contributed by atoms with van der Waals surface area (Å²) in [5.41, 5.74) is 6.90. The van der Waals surface area contributed by atoms with Crippen molar-refractivity contribution in [3.63, 3.8) is 0 Å². The fourth-order valence-corrected chi connectivity index (χ4v) is 2.48. The summed E-state index contributed by atoms with van der Waals surface area (Å²) in [6.45, 7) is 4.76. The van der Waals surface area contributed by atoms with E-state index in [4.69, 9.17) is 10.5 Å². The van der Waals surface area contributed by atoms with Gasteiger partial charge in [0, 0.05) is 11.7 Å². The maximum atomic E-state index is 5.98. The second-order valence-electron chi connectivity index (χ2n) is 6.41. The zero-order valence-corrected chi connectivity index (χ0v) is 14.0. The Morgan fingerprint density at radius 1 is 1.32 bits per heavy atom. The predicted molar refractivity (Wildman–Crippen MR) is 92.5 cm³/mol. The van der Waals surface area contributed by atoms with Gasteiger partial charge in [0.1, 0.15) is 5.75 Å². The molecule has 1 unspecified atom stereocenters. The Morgan fingerprint density at radius 3 is 2.45 bits per heavy atom. The molecule has 0 radical (unpaired) electrons. The molecule has 0 aliphatic heterocycles. The van der Waals surface area contributed by atoms with Crippen LogP contribution in [0.5, 0.6) is 5.75 Å². The molecule has 1 aromatic carbocycles. The number of hydrogen-bond acceptors (Lipinski definition) is 3. The van der Waals surface area contributed by atoms with Gasteiger partial charge in [-0.05, 0) is 71.0 Å². The van der Waals surface area contributed by atoms with Crippen LogP contribution in [0.1, 0.15) is 26.7 Å². The minimum Gasteiger partial charge on any atom is -0.491 e. The standard InChI is InChI=1S/C17H28N4O/c1-12(2)22-15-9-7-14(8-10-15)20-17(18)19-11-16(21(3)4)13-5-6-13/h7-10,12-13,16H,5-6,11H2,1-4H3,(H3,18,19,20). The van der Waals surface area contributed by atoms with E-state index >= 15 is 0 Å². The lowest BCUT2D eigenvalue weighted by Crippen LogP contribution is -2.34. The number of nitrogens with two attached hydrogens (primary N) is 1. The highest BCUT2D eigenvalue weighted by Crippen LogP contribution is 2.34. The largest absolute Gasteiger partial charge is 0.491 e. The molecule has 1 fully saturated rings. The third-order valence-electron chi connectivity index (χ3n) is 3.78. The molecule has 1 aromatic rings. The number of ether oxygens (including phenoxy) is 1. The van der Waals surface area contributed by atoms with Crippen molar-refractivity contribution in [2.75, 3.05) is 26.0 Å². The molecule has 1 aliphatic rings. The van der Waals surface area contributed by atoms with Crippen molar-refractivity contribution >= 4 is 11.6 Å². The smallest absolute Gasteiger partial charge is 0.193 e. The van der Waals surface area contributed by atoms with E-state index in [1.165, 1.54) is 12.8 Å². The Kier molecular flexibility index (Phi) is 5.66. The van der Waals surface area contributed by atoms with Gasteiger partial charge in [0.05, 0.1) is 12.6 Å². The van der Waals surface area contributed by atoms with Crippen molar-refractivity contribution in [3.8, 4) is 5.75 Å². The average molecular weight is 304 g/mol. The molecule has 5 heteroatoms. The van der Waals surface area contributed by atoms with Crippen LogP contribution in [0.25, 0.3) is 0 Å². The molecule has 1 atom stereocenters. The predicted octanol–water partition coefficient (Wildman–Crippen LogP) is 2.54. The van der Waals surface area contributed by atoms with Crippen LogP contribution in [0, 0.1) is 5.92 Å². The summed E-state index contributed by atoms with van der Waals surface area (Å²) in [5.74, 6) is 2.10. The third kappa shape index (κ3) is 5.22. The Hall–Kier alpha value is -1.75. The van der Waals surface area contributed by atoms with Crippen LogP contribution >= 0.6 is 0 Å². The molecule has 122 valence electrons. The third-order valence-corrected chi connectivity index (χ3v) is 3.78. The van der Waals surface area contributed by atoms with Crippen LogP contribution in [-0.2, 0) is 0 Å². The number of aliphatic imine (C=N–C) groups is 1. The van der Waals surface area contributed by atoms with Gasteiger partial charge < -0.3 is 20.7 Å². The molecular formula is C17H28N4O. The number of hydrogen-bond donors (Lipinski definition) is 2. The van der Waals surface area contributed by atoms with Crippen LogP contribution in [0.2, 0.25) is 0 Å². The number of rotatable bonds is 7. The molecule has 22 heavy (non-hydrogen) atoms. The SMILES string of the molecule is CC(C)Oc1ccc(NC(N)=NCC(C2CC2)N(C)C)cc1. The monoisotopic (exact) mass is 304 g/mol. The summed E-state index contributed by atoms with van der Waals surface area (Å²) in [4.78, 5) is 6.73. The summed E-state index contributed by atoms with van der Waals surface area (Å²) in [7, 11) is 4.21. The van der Waals surface area contributed by atoms with Crippen molar-refractivity contribution in [2.24, 2.45) is 16.6 Å². The molecule has 1 saturated carbocycles. The number of benzene rings is 1. The van der Waals surface area contributed by atoms with Crippen LogP contribution in [0.3, 0.4) is 0 Å². The minimum atomic E-state index is 0.177. The first-order valence-corrected chi connectivity index (χ1v) is 7.96. The summed E-state index contributed by atoms with van der Waals surface area (Å²) in [6, 6.07) is 8.25. The van der Waals surface area contributed by atoms with E-state index < -0.39 is 0 Å². The second kappa shape index (κ2) is 7.49. The van der Waals surface area contributed by atoms with E-state index in [9.17, 15) is 0 Å². The van der Waals surface area contributed by atoms with E-state index in [2.05, 4.69) is 29.3 Å². The normalized spacial score (nSPS) is 16.9. The Balaban J connectivity index is 1.87. The fourth-order valence-electron chi connectivity index (χ4n) is 2.48. The molecular weight excluding hydrogens is 276 g/mol. The highest BCUT2D eigenvalue weighted by molar-refractivity contribution is 5.92. The van der Waals surface area contributed by atoms with Gasteiger partial charge in [-0.15, -0.1) is 0 Å². The van der Waals surface area contributed by atoms with Gasteiger partial charge in [0.2, 0.25) is 0 Å². The number of anilines is 1. The lowest BCUT2D eigenvalue weighted by Gasteiger charge is -2.22. The van der Waals surface area contributed by atoms with Gasteiger partial charge in [-0.2, -0.15) is 0 Å². The number of nitrogens with one attached hydrogen (secondary N) is 1. The quantitative estimate of drug-likeness (QED) is 0.600. The van der Waals surface area contributed by atoms with Crippen molar-refractivity contribution in [3.05, 3.63) is 24.3 Å². The topological polar surface area (TPSA) is 62.9 Å². The summed E-state index contributed by atoms with van der Waals surface area (Å²) < 4.78 is 5.62. The van der Waals surface area contributed by atoms with Gasteiger partial charge in [0.15, 0.2) is 5.96 Å². The molecule has 0 aromatic heterocycles. The first-order valence-electron chi connectivity index (χ1n) is 7.96. The average Bonchev–Trinajstić information content (AvgIpc) is 3.25. The van der Waals surface area contributed by atoms with Crippen LogP contribution in [0.4, 0.5) is 5.69 Å². The van der Waals surface area contributed by atoms with Gasteiger partial charge in [-0.3, -0.25) is 4.99 Å². The lowest BCUT2D eigenvalue weighted by atomic mass is 10.2. The van der Waals surface area contributed by atoms with E-state index in [1.807, 2.05) is 38.1 Å². The first-order chi connectivity index (χ1) is 10.5. The molecule has 0 heterocycles. The van der Waals surface area contributed by atoms with E-state index in [0.29, 0.717) is 12.0 Å². The zero-order valence-electron chi connectivity index (χ0n) is 14.0. The minimum absolute atomic E-state index is 0.177. The van der Waals surface area contributed by atoms with Gasteiger partial charge in [0.25, 0.3) is 0 Å². The van der Waals surface area contributed by atoms with Crippen molar-refractivity contribution in [1.82, 2.24) is 4.90 Å². The van der Waals surface area contributed by atoms with Crippen LogP contribution < -0.4 is 15.8 Å². The van der Waals surface area contributed by atoms with E-state index in [1.54, 1.807) is 0 Å². The molecule has 0 amide bonds. The van der Waals surface area contributed by atoms with Crippen molar-refractivity contribution < 1.29 is 4.74 Å². The summed E-state index contributed by atoms with van der Waals surface area (Å²) >= 11 is 0. The van der Waals surface area contributed by atoms with Gasteiger partial charge >= 0.3 is 0 Å². The maximum absolute atomic E-state index is 5.98. The highest BCUT2D eigenvalue weighted by Gasteiger charge is 2.32. The molecule has 1 aliphatic carbocycles. The van der Waals surface area contributed by atoms with Gasteiger partial charge in [-0.25, -0.2) is 0 Å². The zero-order chi connectivity index (χ0) is 16.1. The Labute approximate surface area is 133 Å². The van der Waals surface area contributed by atoms with Crippen LogP contribution in [0.15, 0.2) is 29.3 Å². The number of likely N-dealkylation sites (N-methyl/N-ethyl adjacent to an activating group) is 1. The van der Waals surface area contributed by atoms with Crippen molar-refractivity contribution in [1.29, 1.82) is 0 Å². The highest BCUT2D eigenvalue weighted by atomic mass is 16.5. The summed E-state index contributed by atoms with van der Waals surface area (Å²) in [5, 5.41) is 3.13. The molecule has 0 saturated heterocycles. The van der Waals surface area contributed by atoms with Crippen LogP contribution in [-0.4, -0.2) is 43.6 Å².